The monoisotopic (exact) mass is 420 g/mol. The van der Waals surface area contributed by atoms with E-state index in [1.54, 1.807) is 12.1 Å². The fourth-order valence-electron chi connectivity index (χ4n) is 1.37. The van der Waals surface area contributed by atoms with Gasteiger partial charge in [0.2, 0.25) is 0 Å². The van der Waals surface area contributed by atoms with Gasteiger partial charge in [0.05, 0.1) is 24.6 Å². The van der Waals surface area contributed by atoms with Crippen LogP contribution in [-0.4, -0.2) is 9.97 Å². The van der Waals surface area contributed by atoms with Crippen molar-refractivity contribution in [2.75, 3.05) is 0 Å². The SMILES string of the molecule is O=[PH](OCc1cccc(Br)n1)OCc1cccc(Br)n1. The number of halogens is 2. The topological polar surface area (TPSA) is 61.3 Å². The Labute approximate surface area is 133 Å². The van der Waals surface area contributed by atoms with Gasteiger partial charge >= 0.3 is 8.25 Å². The summed E-state index contributed by atoms with van der Waals surface area (Å²) in [7, 11) is -2.57. The van der Waals surface area contributed by atoms with E-state index in [0.29, 0.717) is 20.6 Å². The molecule has 106 valence electrons. The normalized spacial score (nSPS) is 10.9. The molecule has 0 aliphatic heterocycles. The van der Waals surface area contributed by atoms with Crippen molar-refractivity contribution in [1.82, 2.24) is 9.97 Å². The predicted octanol–water partition coefficient (Wildman–Crippen LogP) is 4.12. The van der Waals surface area contributed by atoms with Gasteiger partial charge in [0.1, 0.15) is 9.21 Å². The Kier molecular flexibility index (Phi) is 6.32. The zero-order valence-electron chi connectivity index (χ0n) is 10.3. The van der Waals surface area contributed by atoms with Crippen molar-refractivity contribution in [1.29, 1.82) is 0 Å². The van der Waals surface area contributed by atoms with Crippen molar-refractivity contribution >= 4 is 40.1 Å². The quantitative estimate of drug-likeness (QED) is 0.518. The van der Waals surface area contributed by atoms with E-state index in [1.807, 2.05) is 24.3 Å². The lowest BCUT2D eigenvalue weighted by molar-refractivity contribution is 0.209. The molecule has 0 bridgehead atoms. The summed E-state index contributed by atoms with van der Waals surface area (Å²) in [4.78, 5) is 8.34. The van der Waals surface area contributed by atoms with Crippen LogP contribution in [-0.2, 0) is 26.8 Å². The number of pyridine rings is 2. The Hall–Kier alpha value is -0.590. The second-order valence-corrected chi connectivity index (χ2v) is 6.43. The molecule has 0 radical (unpaired) electrons. The summed E-state index contributed by atoms with van der Waals surface area (Å²) in [6, 6.07) is 10.9. The minimum atomic E-state index is -2.57. The van der Waals surface area contributed by atoms with Crippen LogP contribution in [0.25, 0.3) is 0 Å². The van der Waals surface area contributed by atoms with Crippen molar-refractivity contribution < 1.29 is 13.6 Å². The van der Waals surface area contributed by atoms with E-state index in [-0.39, 0.29) is 13.2 Å². The van der Waals surface area contributed by atoms with Crippen molar-refractivity contribution in [2.45, 2.75) is 13.2 Å². The van der Waals surface area contributed by atoms with Gasteiger partial charge in [0, 0.05) is 0 Å². The average molecular weight is 422 g/mol. The van der Waals surface area contributed by atoms with Gasteiger partial charge in [-0.1, -0.05) is 12.1 Å². The second kappa shape index (κ2) is 8.00. The van der Waals surface area contributed by atoms with E-state index in [2.05, 4.69) is 41.8 Å². The highest BCUT2D eigenvalue weighted by Gasteiger charge is 2.04. The molecule has 0 fully saturated rings. The van der Waals surface area contributed by atoms with Crippen LogP contribution in [0.15, 0.2) is 45.6 Å². The average Bonchev–Trinajstić information content (AvgIpc) is 2.43. The third kappa shape index (κ3) is 5.42. The van der Waals surface area contributed by atoms with Crippen molar-refractivity contribution in [3.63, 3.8) is 0 Å². The molecule has 2 rings (SSSR count). The van der Waals surface area contributed by atoms with Crippen LogP contribution in [0.2, 0.25) is 0 Å². The smallest absolute Gasteiger partial charge is 0.304 e. The predicted molar refractivity (Wildman–Crippen MR) is 82.5 cm³/mol. The molecule has 2 aromatic heterocycles. The summed E-state index contributed by atoms with van der Waals surface area (Å²) in [5.74, 6) is 0. The summed E-state index contributed by atoms with van der Waals surface area (Å²) < 4.78 is 23.3. The summed E-state index contributed by atoms with van der Waals surface area (Å²) >= 11 is 6.51. The number of hydrogen-bond acceptors (Lipinski definition) is 5. The molecule has 2 heterocycles. The van der Waals surface area contributed by atoms with Gasteiger partial charge in [-0.2, -0.15) is 0 Å². The van der Waals surface area contributed by atoms with E-state index in [9.17, 15) is 4.57 Å². The first-order valence-corrected chi connectivity index (χ1v) is 8.47. The Morgan fingerprint density at radius 1 is 0.900 bits per heavy atom. The molecule has 0 amide bonds. The Morgan fingerprint density at radius 3 is 1.75 bits per heavy atom. The molecule has 5 nitrogen and oxygen atoms in total. The highest BCUT2D eigenvalue weighted by atomic mass is 79.9. The number of aromatic nitrogens is 2. The maximum Gasteiger partial charge on any atom is 0.319 e. The van der Waals surface area contributed by atoms with E-state index < -0.39 is 8.25 Å². The molecule has 20 heavy (non-hydrogen) atoms. The van der Waals surface area contributed by atoms with Gasteiger partial charge in [-0.05, 0) is 56.1 Å². The van der Waals surface area contributed by atoms with Gasteiger partial charge in [0.15, 0.2) is 0 Å². The van der Waals surface area contributed by atoms with Gasteiger partial charge in [-0.3, -0.25) is 4.57 Å². The summed E-state index contributed by atoms with van der Waals surface area (Å²) in [5, 5.41) is 0. The highest BCUT2D eigenvalue weighted by molar-refractivity contribution is 9.10. The van der Waals surface area contributed by atoms with Gasteiger partial charge < -0.3 is 9.05 Å². The molecule has 0 atom stereocenters. The molecule has 8 heteroatoms. The minimum Gasteiger partial charge on any atom is -0.304 e. The fraction of sp³-hybridized carbons (Fsp3) is 0.167. The summed E-state index contributed by atoms with van der Waals surface area (Å²) in [6.07, 6.45) is 0. The number of hydrogen-bond donors (Lipinski definition) is 0. The van der Waals surface area contributed by atoms with Gasteiger partial charge in [0.25, 0.3) is 0 Å². The largest absolute Gasteiger partial charge is 0.319 e. The van der Waals surface area contributed by atoms with Crippen LogP contribution in [0.4, 0.5) is 0 Å². The molecule has 0 saturated heterocycles. The lowest BCUT2D eigenvalue weighted by Gasteiger charge is -2.05. The van der Waals surface area contributed by atoms with Crippen molar-refractivity contribution in [3.05, 3.63) is 57.0 Å². The molecule has 0 aliphatic rings. The van der Waals surface area contributed by atoms with Crippen LogP contribution in [0, 0.1) is 0 Å². The Balaban J connectivity index is 1.78. The maximum absolute atomic E-state index is 11.6. The molecule has 0 unspecified atom stereocenters. The summed E-state index contributed by atoms with van der Waals surface area (Å²) in [5.41, 5.74) is 1.36. The van der Waals surface area contributed by atoms with Crippen LogP contribution in [0.5, 0.6) is 0 Å². The van der Waals surface area contributed by atoms with Crippen LogP contribution in [0.3, 0.4) is 0 Å². The first-order valence-electron chi connectivity index (χ1n) is 5.66. The Bertz CT molecular complexity index is 561. The first kappa shape index (κ1) is 15.8. The minimum absolute atomic E-state index is 0.142. The van der Waals surface area contributed by atoms with E-state index in [1.165, 1.54) is 0 Å². The van der Waals surface area contributed by atoms with E-state index in [0.717, 1.165) is 0 Å². The van der Waals surface area contributed by atoms with E-state index >= 15 is 0 Å². The number of nitrogens with zero attached hydrogens (tertiary/aromatic N) is 2. The van der Waals surface area contributed by atoms with Crippen molar-refractivity contribution in [2.24, 2.45) is 0 Å². The van der Waals surface area contributed by atoms with Crippen LogP contribution < -0.4 is 0 Å². The third-order valence-corrected chi connectivity index (χ3v) is 3.86. The molecule has 0 aromatic carbocycles. The zero-order valence-corrected chi connectivity index (χ0v) is 14.4. The molecular formula is C12H11Br2N2O3P. The van der Waals surface area contributed by atoms with Crippen LogP contribution >= 0.6 is 40.1 Å². The molecular weight excluding hydrogens is 411 g/mol. The molecule has 0 aliphatic carbocycles. The third-order valence-electron chi connectivity index (χ3n) is 2.22. The molecule has 0 saturated carbocycles. The maximum atomic E-state index is 11.6. The van der Waals surface area contributed by atoms with Gasteiger partial charge in [-0.25, -0.2) is 9.97 Å². The molecule has 2 aromatic rings. The van der Waals surface area contributed by atoms with Gasteiger partial charge in [-0.15, -0.1) is 0 Å². The van der Waals surface area contributed by atoms with E-state index in [4.69, 9.17) is 9.05 Å². The molecule has 0 N–H and O–H groups in total. The number of rotatable bonds is 6. The summed E-state index contributed by atoms with van der Waals surface area (Å²) in [6.45, 7) is 0.284. The zero-order chi connectivity index (χ0) is 14.4. The highest BCUT2D eigenvalue weighted by Crippen LogP contribution is 2.27. The fourth-order valence-corrected chi connectivity index (χ4v) is 2.74. The lowest BCUT2D eigenvalue weighted by Crippen LogP contribution is -1.94. The first-order chi connectivity index (χ1) is 9.63. The Morgan fingerprint density at radius 2 is 1.35 bits per heavy atom. The lowest BCUT2D eigenvalue weighted by atomic mass is 10.4. The molecule has 0 spiro atoms. The van der Waals surface area contributed by atoms with Crippen molar-refractivity contribution in [3.8, 4) is 0 Å². The second-order valence-electron chi connectivity index (χ2n) is 3.73. The standard InChI is InChI=1S/C12H11Br2N2O3P/c13-11-5-1-3-9(15-11)7-18-20(17)19-8-10-4-2-6-12(14)16-10/h1-6,20H,7-8H2. The van der Waals surface area contributed by atoms with Crippen LogP contribution in [0.1, 0.15) is 11.4 Å².